The molecule has 0 aliphatic heterocycles. The van der Waals surface area contributed by atoms with Crippen LogP contribution in [0.15, 0.2) is 16.9 Å². The van der Waals surface area contributed by atoms with Crippen molar-refractivity contribution in [3.63, 3.8) is 0 Å². The van der Waals surface area contributed by atoms with Crippen molar-refractivity contribution < 1.29 is 4.52 Å². The summed E-state index contributed by atoms with van der Waals surface area (Å²) in [5.41, 5.74) is 1.12. The van der Waals surface area contributed by atoms with E-state index >= 15 is 0 Å². The van der Waals surface area contributed by atoms with E-state index < -0.39 is 0 Å². The van der Waals surface area contributed by atoms with Crippen LogP contribution in [0, 0.1) is 0 Å². The van der Waals surface area contributed by atoms with Crippen LogP contribution in [0.5, 0.6) is 0 Å². The van der Waals surface area contributed by atoms with Gasteiger partial charge in [0, 0.05) is 12.0 Å². The van der Waals surface area contributed by atoms with Crippen LogP contribution in [0.2, 0.25) is 0 Å². The first-order chi connectivity index (χ1) is 5.88. The third-order valence-electron chi connectivity index (χ3n) is 2.15. The lowest BCUT2D eigenvalue weighted by molar-refractivity contribution is 0.398. The maximum Gasteiger partial charge on any atom is 0.124 e. The molecule has 12 heavy (non-hydrogen) atoms. The molecule has 0 bridgehead atoms. The molecule has 0 atom stereocenters. The first-order valence-electron chi connectivity index (χ1n) is 4.78. The summed E-state index contributed by atoms with van der Waals surface area (Å²) in [7, 11) is 0. The molecule has 0 N–H and O–H groups in total. The van der Waals surface area contributed by atoms with Crippen LogP contribution in [0.4, 0.5) is 0 Å². The highest BCUT2D eigenvalue weighted by Crippen LogP contribution is 2.24. The average Bonchev–Trinajstić information content (AvgIpc) is 2.56. The Kier molecular flexibility index (Phi) is 3.85. The summed E-state index contributed by atoms with van der Waals surface area (Å²) in [6, 6.07) is 1.98. The first kappa shape index (κ1) is 9.30. The van der Waals surface area contributed by atoms with Gasteiger partial charge in [-0.3, -0.25) is 0 Å². The lowest BCUT2D eigenvalue weighted by Gasteiger charge is -2.10. The Hall–Kier alpha value is -0.790. The molecule has 0 saturated carbocycles. The smallest absolute Gasteiger partial charge is 0.124 e. The minimum Gasteiger partial charge on any atom is -0.365 e. The van der Waals surface area contributed by atoms with Crippen molar-refractivity contribution >= 4 is 0 Å². The van der Waals surface area contributed by atoms with E-state index in [1.165, 1.54) is 25.7 Å². The first-order valence-corrected chi connectivity index (χ1v) is 4.78. The van der Waals surface area contributed by atoms with E-state index in [0.29, 0.717) is 5.92 Å². The number of rotatable bonds is 5. The lowest BCUT2D eigenvalue weighted by Crippen LogP contribution is -1.97. The van der Waals surface area contributed by atoms with E-state index in [2.05, 4.69) is 19.0 Å². The molecule has 68 valence electrons. The van der Waals surface area contributed by atoms with Gasteiger partial charge in [0.15, 0.2) is 0 Å². The standard InChI is InChI=1S/C10H17NO/c1-3-5-9(6-4-2)10-7-8-12-11-10/h7-9H,3-6H2,1-2H3. The van der Waals surface area contributed by atoms with Gasteiger partial charge in [0.05, 0.1) is 5.69 Å². The molecule has 0 aliphatic rings. The number of nitrogens with zero attached hydrogens (tertiary/aromatic N) is 1. The summed E-state index contributed by atoms with van der Waals surface area (Å²) in [4.78, 5) is 0. The van der Waals surface area contributed by atoms with Crippen LogP contribution >= 0.6 is 0 Å². The zero-order chi connectivity index (χ0) is 8.81. The van der Waals surface area contributed by atoms with Crippen molar-refractivity contribution in [2.24, 2.45) is 0 Å². The monoisotopic (exact) mass is 167 g/mol. The van der Waals surface area contributed by atoms with Crippen molar-refractivity contribution in [1.29, 1.82) is 0 Å². The lowest BCUT2D eigenvalue weighted by atomic mass is 9.95. The molecule has 1 rings (SSSR count). The highest BCUT2D eigenvalue weighted by molar-refractivity contribution is 5.03. The van der Waals surface area contributed by atoms with Gasteiger partial charge in [0.1, 0.15) is 6.26 Å². The minimum absolute atomic E-state index is 0.610. The van der Waals surface area contributed by atoms with Gasteiger partial charge in [-0.05, 0) is 12.8 Å². The zero-order valence-electron chi connectivity index (χ0n) is 7.92. The minimum atomic E-state index is 0.610. The summed E-state index contributed by atoms with van der Waals surface area (Å²) >= 11 is 0. The molecule has 0 radical (unpaired) electrons. The molecule has 1 aromatic heterocycles. The van der Waals surface area contributed by atoms with Gasteiger partial charge >= 0.3 is 0 Å². The Labute approximate surface area is 74.0 Å². The maximum atomic E-state index is 4.84. The van der Waals surface area contributed by atoms with Crippen molar-refractivity contribution in [3.8, 4) is 0 Å². The summed E-state index contributed by atoms with van der Waals surface area (Å²) in [6.07, 6.45) is 6.55. The van der Waals surface area contributed by atoms with Gasteiger partial charge in [-0.1, -0.05) is 31.8 Å². The van der Waals surface area contributed by atoms with Crippen molar-refractivity contribution in [3.05, 3.63) is 18.0 Å². The van der Waals surface area contributed by atoms with Crippen LogP contribution in [-0.2, 0) is 0 Å². The predicted octanol–water partition coefficient (Wildman–Crippen LogP) is 3.36. The fraction of sp³-hybridized carbons (Fsp3) is 0.700. The second-order valence-electron chi connectivity index (χ2n) is 3.20. The fourth-order valence-corrected chi connectivity index (χ4v) is 1.57. The van der Waals surface area contributed by atoms with Gasteiger partial charge in [-0.25, -0.2) is 0 Å². The fourth-order valence-electron chi connectivity index (χ4n) is 1.57. The van der Waals surface area contributed by atoms with Crippen molar-refractivity contribution in [1.82, 2.24) is 5.16 Å². The van der Waals surface area contributed by atoms with E-state index in [4.69, 9.17) is 4.52 Å². The normalized spacial score (nSPS) is 10.9. The topological polar surface area (TPSA) is 26.0 Å². The Morgan fingerprint density at radius 2 is 2.00 bits per heavy atom. The zero-order valence-corrected chi connectivity index (χ0v) is 7.92. The summed E-state index contributed by atoms with van der Waals surface area (Å²) in [5, 5.41) is 3.98. The Morgan fingerprint density at radius 3 is 2.42 bits per heavy atom. The van der Waals surface area contributed by atoms with Crippen LogP contribution in [0.1, 0.15) is 51.1 Å². The average molecular weight is 167 g/mol. The SMILES string of the molecule is CCCC(CCC)c1ccon1. The molecule has 0 unspecified atom stereocenters. The largest absolute Gasteiger partial charge is 0.365 e. The summed E-state index contributed by atoms with van der Waals surface area (Å²) in [5.74, 6) is 0.610. The van der Waals surface area contributed by atoms with Gasteiger partial charge in [0.2, 0.25) is 0 Å². The Balaban J connectivity index is 2.53. The molecular formula is C10H17NO. The highest BCUT2D eigenvalue weighted by atomic mass is 16.5. The predicted molar refractivity (Wildman–Crippen MR) is 49.1 cm³/mol. The maximum absolute atomic E-state index is 4.84. The third kappa shape index (κ3) is 2.36. The van der Waals surface area contributed by atoms with Crippen molar-refractivity contribution in [2.75, 3.05) is 0 Å². The molecule has 2 nitrogen and oxygen atoms in total. The molecule has 0 amide bonds. The molecule has 0 fully saturated rings. The van der Waals surface area contributed by atoms with Gasteiger partial charge in [-0.2, -0.15) is 0 Å². The quantitative estimate of drug-likeness (QED) is 0.672. The molecule has 0 saturated heterocycles. The molecule has 1 heterocycles. The van der Waals surface area contributed by atoms with Crippen LogP contribution in [-0.4, -0.2) is 5.16 Å². The number of hydrogen-bond acceptors (Lipinski definition) is 2. The summed E-state index contributed by atoms with van der Waals surface area (Å²) < 4.78 is 4.84. The molecule has 0 aromatic carbocycles. The number of aromatic nitrogens is 1. The van der Waals surface area contributed by atoms with E-state index in [1.807, 2.05) is 6.07 Å². The molecule has 0 spiro atoms. The van der Waals surface area contributed by atoms with E-state index in [1.54, 1.807) is 6.26 Å². The second-order valence-corrected chi connectivity index (χ2v) is 3.20. The van der Waals surface area contributed by atoms with Gasteiger partial charge in [0.25, 0.3) is 0 Å². The van der Waals surface area contributed by atoms with E-state index in [0.717, 1.165) is 5.69 Å². The van der Waals surface area contributed by atoms with Gasteiger partial charge in [-0.15, -0.1) is 0 Å². The molecule has 2 heteroatoms. The molecule has 1 aromatic rings. The van der Waals surface area contributed by atoms with Gasteiger partial charge < -0.3 is 4.52 Å². The molecule has 0 aliphatic carbocycles. The highest BCUT2D eigenvalue weighted by Gasteiger charge is 2.11. The molecular weight excluding hydrogens is 150 g/mol. The van der Waals surface area contributed by atoms with E-state index in [-0.39, 0.29) is 0 Å². The van der Waals surface area contributed by atoms with Crippen LogP contribution in [0.25, 0.3) is 0 Å². The van der Waals surface area contributed by atoms with Crippen molar-refractivity contribution in [2.45, 2.75) is 45.4 Å². The van der Waals surface area contributed by atoms with E-state index in [9.17, 15) is 0 Å². The van der Waals surface area contributed by atoms with Crippen LogP contribution < -0.4 is 0 Å². The third-order valence-corrected chi connectivity index (χ3v) is 2.15. The number of hydrogen-bond donors (Lipinski definition) is 0. The Morgan fingerprint density at radius 1 is 1.33 bits per heavy atom. The summed E-state index contributed by atoms with van der Waals surface area (Å²) in [6.45, 7) is 4.42. The Bertz CT molecular complexity index is 188. The van der Waals surface area contributed by atoms with Crippen LogP contribution in [0.3, 0.4) is 0 Å². The second kappa shape index (κ2) is 4.96.